The fourth-order valence-electron chi connectivity index (χ4n) is 2.63. The molecule has 2 aromatic carbocycles. The molecule has 0 spiro atoms. The standard InChI is InChI=1S/C19H16Cl2/c20-18-8-4-14(5-9-18)12-15-2-1-3-17(13-15)16-6-10-19(21)11-7-16/h4-13H,1-3H2/b15-12+. The minimum Gasteiger partial charge on any atom is -0.0843 e. The first kappa shape index (κ1) is 14.4. The zero-order chi connectivity index (χ0) is 14.7. The van der Waals surface area contributed by atoms with Crippen LogP contribution in [0.3, 0.4) is 0 Å². The third kappa shape index (κ3) is 3.78. The first-order valence-electron chi connectivity index (χ1n) is 7.13. The van der Waals surface area contributed by atoms with Crippen molar-refractivity contribution in [2.75, 3.05) is 0 Å². The SMILES string of the molecule is Clc1ccc(/C=C2/C=C(c3ccc(Cl)cc3)CCC2)cc1. The van der Waals surface area contributed by atoms with Crippen LogP contribution in [-0.4, -0.2) is 0 Å². The second kappa shape index (κ2) is 6.51. The van der Waals surface area contributed by atoms with Crippen LogP contribution in [-0.2, 0) is 0 Å². The molecule has 2 heteroatoms. The molecule has 0 aromatic heterocycles. The lowest BCUT2D eigenvalue weighted by Gasteiger charge is -2.16. The fraction of sp³-hybridized carbons (Fsp3) is 0.158. The van der Waals surface area contributed by atoms with Gasteiger partial charge in [-0.25, -0.2) is 0 Å². The summed E-state index contributed by atoms with van der Waals surface area (Å²) >= 11 is 11.9. The number of rotatable bonds is 2. The molecule has 0 fully saturated rings. The van der Waals surface area contributed by atoms with Crippen LogP contribution in [0.1, 0.15) is 30.4 Å². The van der Waals surface area contributed by atoms with Gasteiger partial charge in [-0.15, -0.1) is 0 Å². The summed E-state index contributed by atoms with van der Waals surface area (Å²) < 4.78 is 0. The third-order valence-electron chi connectivity index (χ3n) is 3.71. The molecular formula is C19H16Cl2. The van der Waals surface area contributed by atoms with E-state index in [-0.39, 0.29) is 0 Å². The summed E-state index contributed by atoms with van der Waals surface area (Å²) in [5.41, 5.74) is 5.22. The largest absolute Gasteiger partial charge is 0.0843 e. The molecule has 0 saturated carbocycles. The van der Waals surface area contributed by atoms with Crippen molar-refractivity contribution in [3.05, 3.63) is 81.4 Å². The highest BCUT2D eigenvalue weighted by molar-refractivity contribution is 6.30. The van der Waals surface area contributed by atoms with E-state index in [1.165, 1.54) is 28.7 Å². The molecule has 106 valence electrons. The van der Waals surface area contributed by atoms with E-state index in [2.05, 4.69) is 36.4 Å². The lowest BCUT2D eigenvalue weighted by Crippen LogP contribution is -1.94. The van der Waals surface area contributed by atoms with Gasteiger partial charge in [-0.05, 0) is 65.8 Å². The Balaban J connectivity index is 1.88. The molecule has 1 aliphatic carbocycles. The molecule has 21 heavy (non-hydrogen) atoms. The quantitative estimate of drug-likeness (QED) is 0.582. The van der Waals surface area contributed by atoms with Crippen LogP contribution < -0.4 is 0 Å². The van der Waals surface area contributed by atoms with Crippen molar-refractivity contribution in [3.8, 4) is 0 Å². The zero-order valence-electron chi connectivity index (χ0n) is 11.7. The van der Waals surface area contributed by atoms with Gasteiger partial charge in [0.2, 0.25) is 0 Å². The Morgan fingerprint density at radius 1 is 0.762 bits per heavy atom. The Hall–Kier alpha value is -1.50. The molecule has 0 saturated heterocycles. The molecule has 0 aliphatic heterocycles. The molecule has 0 radical (unpaired) electrons. The molecular weight excluding hydrogens is 299 g/mol. The van der Waals surface area contributed by atoms with E-state index in [1.807, 2.05) is 24.3 Å². The van der Waals surface area contributed by atoms with Gasteiger partial charge in [-0.1, -0.05) is 59.6 Å². The van der Waals surface area contributed by atoms with E-state index in [4.69, 9.17) is 23.2 Å². The van der Waals surface area contributed by atoms with E-state index < -0.39 is 0 Å². The second-order valence-corrected chi connectivity index (χ2v) is 6.17. The summed E-state index contributed by atoms with van der Waals surface area (Å²) in [6, 6.07) is 16.1. The molecule has 0 nitrogen and oxygen atoms in total. The Bertz CT molecular complexity index is 677. The number of halogens is 2. The van der Waals surface area contributed by atoms with Crippen molar-refractivity contribution < 1.29 is 0 Å². The highest BCUT2D eigenvalue weighted by Gasteiger charge is 2.09. The predicted molar refractivity (Wildman–Crippen MR) is 92.7 cm³/mol. The topological polar surface area (TPSA) is 0 Å². The summed E-state index contributed by atoms with van der Waals surface area (Å²) in [4.78, 5) is 0. The molecule has 0 unspecified atom stereocenters. The molecule has 0 amide bonds. The van der Waals surface area contributed by atoms with Crippen LogP contribution >= 0.6 is 23.2 Å². The van der Waals surface area contributed by atoms with Gasteiger partial charge in [0, 0.05) is 10.0 Å². The number of hydrogen-bond acceptors (Lipinski definition) is 0. The maximum atomic E-state index is 5.96. The van der Waals surface area contributed by atoms with Crippen LogP contribution in [0.4, 0.5) is 0 Å². The van der Waals surface area contributed by atoms with Crippen LogP contribution in [0.15, 0.2) is 60.2 Å². The van der Waals surface area contributed by atoms with E-state index in [0.717, 1.165) is 22.9 Å². The first-order valence-corrected chi connectivity index (χ1v) is 7.89. The normalized spacial score (nSPS) is 16.9. The Morgan fingerprint density at radius 2 is 1.38 bits per heavy atom. The number of benzene rings is 2. The van der Waals surface area contributed by atoms with Crippen molar-refractivity contribution in [2.24, 2.45) is 0 Å². The van der Waals surface area contributed by atoms with Crippen molar-refractivity contribution in [1.82, 2.24) is 0 Å². The summed E-state index contributed by atoms with van der Waals surface area (Å²) in [6.07, 6.45) is 7.99. The van der Waals surface area contributed by atoms with E-state index in [0.29, 0.717) is 0 Å². The van der Waals surface area contributed by atoms with Crippen LogP contribution in [0.25, 0.3) is 11.6 Å². The van der Waals surface area contributed by atoms with Crippen molar-refractivity contribution in [1.29, 1.82) is 0 Å². The van der Waals surface area contributed by atoms with Gasteiger partial charge in [0.25, 0.3) is 0 Å². The number of allylic oxidation sites excluding steroid dienone is 3. The van der Waals surface area contributed by atoms with Crippen molar-refractivity contribution >= 4 is 34.9 Å². The Kier molecular flexibility index (Phi) is 4.48. The minimum atomic E-state index is 0.776. The molecule has 3 rings (SSSR count). The maximum Gasteiger partial charge on any atom is 0.0406 e. The average Bonchev–Trinajstić information content (AvgIpc) is 2.51. The highest BCUT2D eigenvalue weighted by Crippen LogP contribution is 2.31. The fourth-order valence-corrected chi connectivity index (χ4v) is 2.88. The molecule has 0 N–H and O–H groups in total. The van der Waals surface area contributed by atoms with Crippen molar-refractivity contribution in [2.45, 2.75) is 19.3 Å². The zero-order valence-corrected chi connectivity index (χ0v) is 13.2. The average molecular weight is 315 g/mol. The van der Waals surface area contributed by atoms with E-state index in [9.17, 15) is 0 Å². The lowest BCUT2D eigenvalue weighted by atomic mass is 9.90. The summed E-state index contributed by atoms with van der Waals surface area (Å²) in [5, 5.41) is 1.56. The molecule has 1 aliphatic rings. The third-order valence-corrected chi connectivity index (χ3v) is 4.21. The minimum absolute atomic E-state index is 0.776. The van der Waals surface area contributed by atoms with Gasteiger partial charge in [-0.3, -0.25) is 0 Å². The van der Waals surface area contributed by atoms with Crippen LogP contribution in [0.5, 0.6) is 0 Å². The lowest BCUT2D eigenvalue weighted by molar-refractivity contribution is 0.838. The van der Waals surface area contributed by atoms with Gasteiger partial charge >= 0.3 is 0 Å². The highest BCUT2D eigenvalue weighted by atomic mass is 35.5. The van der Waals surface area contributed by atoms with Gasteiger partial charge in [0.1, 0.15) is 0 Å². The van der Waals surface area contributed by atoms with Gasteiger partial charge in [0.15, 0.2) is 0 Å². The predicted octanol–water partition coefficient (Wildman–Crippen LogP) is 6.64. The van der Waals surface area contributed by atoms with Crippen LogP contribution in [0.2, 0.25) is 10.0 Å². The first-order chi connectivity index (χ1) is 10.2. The van der Waals surface area contributed by atoms with Gasteiger partial charge in [-0.2, -0.15) is 0 Å². The summed E-state index contributed by atoms with van der Waals surface area (Å²) in [6.45, 7) is 0. The molecule has 2 aromatic rings. The van der Waals surface area contributed by atoms with Gasteiger partial charge < -0.3 is 0 Å². The monoisotopic (exact) mass is 314 g/mol. The molecule has 0 bridgehead atoms. The molecule has 0 atom stereocenters. The van der Waals surface area contributed by atoms with Crippen LogP contribution in [0, 0.1) is 0 Å². The summed E-state index contributed by atoms with van der Waals surface area (Å²) in [5.74, 6) is 0. The molecule has 0 heterocycles. The van der Waals surface area contributed by atoms with Gasteiger partial charge in [0.05, 0.1) is 0 Å². The Morgan fingerprint density at radius 3 is 2.05 bits per heavy atom. The maximum absolute atomic E-state index is 5.96. The van der Waals surface area contributed by atoms with Crippen molar-refractivity contribution in [3.63, 3.8) is 0 Å². The van der Waals surface area contributed by atoms with E-state index >= 15 is 0 Å². The smallest absolute Gasteiger partial charge is 0.0406 e. The number of hydrogen-bond donors (Lipinski definition) is 0. The van der Waals surface area contributed by atoms with E-state index in [1.54, 1.807) is 0 Å². The second-order valence-electron chi connectivity index (χ2n) is 5.30. The Labute approximate surface area is 135 Å². The summed E-state index contributed by atoms with van der Waals surface area (Å²) in [7, 11) is 0.